The summed E-state index contributed by atoms with van der Waals surface area (Å²) in [6.07, 6.45) is 4.87. The maximum atomic E-state index is 5.58. The predicted molar refractivity (Wildman–Crippen MR) is 94.4 cm³/mol. The highest BCUT2D eigenvalue weighted by Crippen LogP contribution is 2.30. The van der Waals surface area contributed by atoms with E-state index in [-0.39, 0.29) is 0 Å². The molecule has 2 fully saturated rings. The van der Waals surface area contributed by atoms with Gasteiger partial charge >= 0.3 is 0 Å². The summed E-state index contributed by atoms with van der Waals surface area (Å²) >= 11 is 0. The Balaban J connectivity index is 1.63. The number of ether oxygens (including phenoxy) is 2. The van der Waals surface area contributed by atoms with Crippen molar-refractivity contribution in [2.75, 3.05) is 38.3 Å². The minimum atomic E-state index is 0.555. The van der Waals surface area contributed by atoms with E-state index in [0.29, 0.717) is 18.0 Å². The summed E-state index contributed by atoms with van der Waals surface area (Å²) in [7, 11) is 1.76. The van der Waals surface area contributed by atoms with Crippen molar-refractivity contribution in [3.05, 3.63) is 24.3 Å². The molecule has 1 aromatic rings. The molecular weight excluding hydrogens is 288 g/mol. The molecular formula is C19H30N2O2. The van der Waals surface area contributed by atoms with Gasteiger partial charge in [-0.15, -0.1) is 0 Å². The van der Waals surface area contributed by atoms with Crippen molar-refractivity contribution in [2.24, 2.45) is 5.92 Å². The fourth-order valence-corrected chi connectivity index (χ4v) is 3.98. The lowest BCUT2D eigenvalue weighted by Gasteiger charge is -2.38. The molecule has 128 valence electrons. The van der Waals surface area contributed by atoms with Crippen molar-refractivity contribution in [1.29, 1.82) is 0 Å². The maximum Gasteiger partial charge on any atom is 0.142 e. The molecule has 3 atom stereocenters. The van der Waals surface area contributed by atoms with Crippen LogP contribution in [0, 0.1) is 5.92 Å². The number of methoxy groups -OCH3 is 1. The van der Waals surface area contributed by atoms with Gasteiger partial charge in [0.15, 0.2) is 0 Å². The maximum absolute atomic E-state index is 5.58. The molecule has 1 N–H and O–H groups in total. The van der Waals surface area contributed by atoms with Crippen LogP contribution in [0.25, 0.3) is 0 Å². The van der Waals surface area contributed by atoms with E-state index in [1.807, 2.05) is 6.07 Å². The number of hydrogen-bond donors (Lipinski definition) is 1. The largest absolute Gasteiger partial charge is 0.495 e. The molecule has 2 aliphatic rings. The number of benzene rings is 1. The van der Waals surface area contributed by atoms with Gasteiger partial charge in [0, 0.05) is 31.8 Å². The minimum Gasteiger partial charge on any atom is -0.495 e. The average Bonchev–Trinajstić information content (AvgIpc) is 3.14. The van der Waals surface area contributed by atoms with E-state index in [4.69, 9.17) is 9.47 Å². The normalized spacial score (nSPS) is 26.3. The van der Waals surface area contributed by atoms with E-state index in [2.05, 4.69) is 35.3 Å². The van der Waals surface area contributed by atoms with Gasteiger partial charge in [-0.3, -0.25) is 0 Å². The highest BCUT2D eigenvalue weighted by atomic mass is 16.5. The zero-order chi connectivity index (χ0) is 16.1. The first-order valence-corrected chi connectivity index (χ1v) is 9.03. The van der Waals surface area contributed by atoms with Crippen LogP contribution < -0.4 is 15.0 Å². The van der Waals surface area contributed by atoms with Crippen molar-refractivity contribution in [3.8, 4) is 5.75 Å². The van der Waals surface area contributed by atoms with Crippen LogP contribution in [-0.4, -0.2) is 45.5 Å². The molecule has 23 heavy (non-hydrogen) atoms. The summed E-state index contributed by atoms with van der Waals surface area (Å²) in [4.78, 5) is 2.47. The fourth-order valence-electron chi connectivity index (χ4n) is 3.98. The lowest BCUT2D eigenvalue weighted by atomic mass is 9.94. The van der Waals surface area contributed by atoms with Crippen LogP contribution in [0.5, 0.6) is 5.75 Å². The SMILES string of the molecule is CC[C@H](N[C@@H]1CCCN(c2ccccc2OC)C1)[C@@H]1CCOC1. The molecule has 0 radical (unpaired) electrons. The molecule has 4 heteroatoms. The van der Waals surface area contributed by atoms with Crippen LogP contribution in [-0.2, 0) is 4.74 Å². The van der Waals surface area contributed by atoms with Gasteiger partial charge < -0.3 is 19.7 Å². The van der Waals surface area contributed by atoms with E-state index in [1.165, 1.54) is 31.4 Å². The Morgan fingerprint density at radius 2 is 2.22 bits per heavy atom. The minimum absolute atomic E-state index is 0.555. The van der Waals surface area contributed by atoms with Gasteiger partial charge in [0.2, 0.25) is 0 Å². The van der Waals surface area contributed by atoms with Crippen LogP contribution in [0.4, 0.5) is 5.69 Å². The number of hydrogen-bond acceptors (Lipinski definition) is 4. The second-order valence-corrected chi connectivity index (χ2v) is 6.76. The number of rotatable bonds is 6. The average molecular weight is 318 g/mol. The fraction of sp³-hybridized carbons (Fsp3) is 0.684. The Kier molecular flexibility index (Phi) is 5.79. The topological polar surface area (TPSA) is 33.7 Å². The molecule has 0 bridgehead atoms. The first kappa shape index (κ1) is 16.6. The zero-order valence-electron chi connectivity index (χ0n) is 14.5. The summed E-state index contributed by atoms with van der Waals surface area (Å²) in [6, 6.07) is 9.49. The van der Waals surface area contributed by atoms with Gasteiger partial charge in [-0.2, -0.15) is 0 Å². The molecule has 0 amide bonds. The first-order chi connectivity index (χ1) is 11.3. The second-order valence-electron chi connectivity index (χ2n) is 6.76. The van der Waals surface area contributed by atoms with Crippen LogP contribution in [0.1, 0.15) is 32.6 Å². The number of para-hydroxylation sites is 2. The standard InChI is InChI=1S/C19H30N2O2/c1-3-17(15-10-12-23-14-15)20-16-7-6-11-21(13-16)18-8-4-5-9-19(18)22-2/h4-5,8-9,15-17,20H,3,6-7,10-14H2,1-2H3/t15-,16-,17+/m1/s1. The summed E-state index contributed by atoms with van der Waals surface area (Å²) in [6.45, 7) is 6.32. The van der Waals surface area contributed by atoms with Crippen LogP contribution in [0.3, 0.4) is 0 Å². The highest BCUT2D eigenvalue weighted by molar-refractivity contribution is 5.58. The van der Waals surface area contributed by atoms with E-state index in [9.17, 15) is 0 Å². The van der Waals surface area contributed by atoms with Crippen molar-refractivity contribution in [3.63, 3.8) is 0 Å². The first-order valence-electron chi connectivity index (χ1n) is 9.03. The van der Waals surface area contributed by atoms with E-state index < -0.39 is 0 Å². The van der Waals surface area contributed by atoms with Crippen LogP contribution >= 0.6 is 0 Å². The van der Waals surface area contributed by atoms with Crippen LogP contribution in [0.2, 0.25) is 0 Å². The smallest absolute Gasteiger partial charge is 0.142 e. The van der Waals surface area contributed by atoms with Gasteiger partial charge in [0.05, 0.1) is 19.4 Å². The zero-order valence-corrected chi connectivity index (χ0v) is 14.5. The quantitative estimate of drug-likeness (QED) is 0.874. The molecule has 4 nitrogen and oxygen atoms in total. The molecule has 0 unspecified atom stereocenters. The van der Waals surface area contributed by atoms with Gasteiger partial charge in [-0.05, 0) is 43.7 Å². The molecule has 3 rings (SSSR count). The number of anilines is 1. The molecule has 0 saturated carbocycles. The molecule has 1 aromatic carbocycles. The summed E-state index contributed by atoms with van der Waals surface area (Å²) in [5.41, 5.74) is 1.22. The summed E-state index contributed by atoms with van der Waals surface area (Å²) < 4.78 is 11.1. The summed E-state index contributed by atoms with van der Waals surface area (Å²) in [5, 5.41) is 3.92. The Labute approximate surface area is 140 Å². The second kappa shape index (κ2) is 8.02. The predicted octanol–water partition coefficient (Wildman–Crippen LogP) is 3.07. The van der Waals surface area contributed by atoms with Gasteiger partial charge in [0.25, 0.3) is 0 Å². The third-order valence-corrected chi connectivity index (χ3v) is 5.27. The molecule has 0 aliphatic carbocycles. The molecule has 0 aromatic heterocycles. The summed E-state index contributed by atoms with van der Waals surface area (Å²) in [5.74, 6) is 1.66. The van der Waals surface area contributed by atoms with Gasteiger partial charge in [-0.1, -0.05) is 19.1 Å². The Hall–Kier alpha value is -1.26. The number of piperidine rings is 1. The molecule has 2 saturated heterocycles. The van der Waals surface area contributed by atoms with Crippen molar-refractivity contribution in [1.82, 2.24) is 5.32 Å². The Bertz CT molecular complexity index is 488. The molecule has 2 aliphatic heterocycles. The number of nitrogens with one attached hydrogen (secondary N) is 1. The third-order valence-electron chi connectivity index (χ3n) is 5.27. The lowest BCUT2D eigenvalue weighted by Crippen LogP contribution is -2.51. The van der Waals surface area contributed by atoms with Crippen molar-refractivity contribution >= 4 is 5.69 Å². The van der Waals surface area contributed by atoms with E-state index in [0.717, 1.165) is 32.1 Å². The van der Waals surface area contributed by atoms with Crippen molar-refractivity contribution < 1.29 is 9.47 Å². The monoisotopic (exact) mass is 318 g/mol. The third kappa shape index (κ3) is 3.99. The number of nitrogens with zero attached hydrogens (tertiary/aromatic N) is 1. The van der Waals surface area contributed by atoms with E-state index in [1.54, 1.807) is 7.11 Å². The Morgan fingerprint density at radius 3 is 2.96 bits per heavy atom. The van der Waals surface area contributed by atoms with E-state index >= 15 is 0 Å². The van der Waals surface area contributed by atoms with Gasteiger partial charge in [-0.25, -0.2) is 0 Å². The Morgan fingerprint density at radius 1 is 1.35 bits per heavy atom. The van der Waals surface area contributed by atoms with Crippen LogP contribution in [0.15, 0.2) is 24.3 Å². The van der Waals surface area contributed by atoms with Gasteiger partial charge in [0.1, 0.15) is 5.75 Å². The lowest BCUT2D eigenvalue weighted by molar-refractivity contribution is 0.172. The van der Waals surface area contributed by atoms with Crippen molar-refractivity contribution in [2.45, 2.75) is 44.7 Å². The molecule has 2 heterocycles. The molecule has 0 spiro atoms. The highest BCUT2D eigenvalue weighted by Gasteiger charge is 2.29.